The van der Waals surface area contributed by atoms with Crippen LogP contribution in [0.25, 0.3) is 0 Å². The van der Waals surface area contributed by atoms with E-state index in [0.717, 1.165) is 17.6 Å². The van der Waals surface area contributed by atoms with Gasteiger partial charge >= 0.3 is 0 Å². The highest BCUT2D eigenvalue weighted by atomic mass is 35.5. The fourth-order valence-electron chi connectivity index (χ4n) is 1.42. The lowest BCUT2D eigenvalue weighted by atomic mass is 10.0. The molecule has 0 aliphatic rings. The van der Waals surface area contributed by atoms with Gasteiger partial charge in [-0.15, -0.1) is 19.0 Å². The molecule has 3 nitrogen and oxygen atoms in total. The SMILES string of the molecule is C=C(C)C[C@H](N)c1ccc(O)c(OC)c1.Cl. The second-order valence-corrected chi connectivity index (χ2v) is 3.70. The van der Waals surface area contributed by atoms with Gasteiger partial charge in [-0.05, 0) is 31.0 Å². The summed E-state index contributed by atoms with van der Waals surface area (Å²) < 4.78 is 5.01. The number of hydrogen-bond donors (Lipinski definition) is 2. The van der Waals surface area contributed by atoms with Crippen molar-refractivity contribution in [1.82, 2.24) is 0 Å². The Bertz CT molecular complexity index is 366. The van der Waals surface area contributed by atoms with Crippen LogP contribution in [0, 0.1) is 0 Å². The van der Waals surface area contributed by atoms with Crippen LogP contribution in [0.5, 0.6) is 11.5 Å². The maximum Gasteiger partial charge on any atom is 0.160 e. The molecule has 0 saturated heterocycles. The number of hydrogen-bond acceptors (Lipinski definition) is 3. The number of aromatic hydroxyl groups is 1. The molecule has 0 unspecified atom stereocenters. The Morgan fingerprint density at radius 1 is 1.56 bits per heavy atom. The van der Waals surface area contributed by atoms with Gasteiger partial charge < -0.3 is 15.6 Å². The zero-order valence-electron chi connectivity index (χ0n) is 9.56. The lowest BCUT2D eigenvalue weighted by molar-refractivity contribution is 0.372. The summed E-state index contributed by atoms with van der Waals surface area (Å²) in [4.78, 5) is 0. The van der Waals surface area contributed by atoms with Crippen LogP contribution in [0.4, 0.5) is 0 Å². The first kappa shape index (κ1) is 14.8. The van der Waals surface area contributed by atoms with Crippen LogP contribution in [0.2, 0.25) is 0 Å². The van der Waals surface area contributed by atoms with Crippen molar-refractivity contribution in [3.05, 3.63) is 35.9 Å². The summed E-state index contributed by atoms with van der Waals surface area (Å²) in [5.41, 5.74) is 7.95. The molecule has 0 aliphatic carbocycles. The van der Waals surface area contributed by atoms with E-state index in [0.29, 0.717) is 5.75 Å². The molecule has 0 aromatic heterocycles. The molecule has 0 radical (unpaired) electrons. The molecule has 0 saturated carbocycles. The van der Waals surface area contributed by atoms with Gasteiger partial charge in [0.15, 0.2) is 11.5 Å². The van der Waals surface area contributed by atoms with Crippen molar-refractivity contribution < 1.29 is 9.84 Å². The van der Waals surface area contributed by atoms with Gasteiger partial charge in [0.2, 0.25) is 0 Å². The van der Waals surface area contributed by atoms with Crippen LogP contribution in [0.3, 0.4) is 0 Å². The van der Waals surface area contributed by atoms with E-state index in [4.69, 9.17) is 10.5 Å². The van der Waals surface area contributed by atoms with Crippen molar-refractivity contribution >= 4 is 12.4 Å². The summed E-state index contributed by atoms with van der Waals surface area (Å²) in [5, 5.41) is 9.42. The van der Waals surface area contributed by atoms with E-state index in [1.807, 2.05) is 6.92 Å². The van der Waals surface area contributed by atoms with Gasteiger partial charge in [-0.1, -0.05) is 11.6 Å². The van der Waals surface area contributed by atoms with E-state index >= 15 is 0 Å². The predicted octanol–water partition coefficient (Wildman–Crippen LogP) is 2.79. The summed E-state index contributed by atoms with van der Waals surface area (Å²) in [6.07, 6.45) is 0.730. The summed E-state index contributed by atoms with van der Waals surface area (Å²) in [6, 6.07) is 5.04. The molecule has 0 spiro atoms. The van der Waals surface area contributed by atoms with Crippen molar-refractivity contribution in [2.45, 2.75) is 19.4 Å². The smallest absolute Gasteiger partial charge is 0.160 e. The number of benzene rings is 1. The molecule has 0 bridgehead atoms. The van der Waals surface area contributed by atoms with Gasteiger partial charge in [-0.25, -0.2) is 0 Å². The van der Waals surface area contributed by atoms with Crippen molar-refractivity contribution in [2.75, 3.05) is 7.11 Å². The molecular formula is C12H18ClNO2. The van der Waals surface area contributed by atoms with Crippen molar-refractivity contribution in [1.29, 1.82) is 0 Å². The quantitative estimate of drug-likeness (QED) is 0.800. The van der Waals surface area contributed by atoms with E-state index < -0.39 is 0 Å². The summed E-state index contributed by atoms with van der Waals surface area (Å²) in [5.74, 6) is 0.577. The number of ether oxygens (including phenoxy) is 1. The topological polar surface area (TPSA) is 55.5 Å². The molecule has 4 heteroatoms. The highest BCUT2D eigenvalue weighted by Gasteiger charge is 2.09. The third kappa shape index (κ3) is 3.76. The Hall–Kier alpha value is -1.19. The second kappa shape index (κ2) is 6.40. The van der Waals surface area contributed by atoms with E-state index in [9.17, 15) is 5.11 Å². The minimum absolute atomic E-state index is 0. The second-order valence-electron chi connectivity index (χ2n) is 3.70. The highest BCUT2D eigenvalue weighted by Crippen LogP contribution is 2.29. The molecule has 0 aliphatic heterocycles. The van der Waals surface area contributed by atoms with Gasteiger partial charge in [0.1, 0.15) is 0 Å². The van der Waals surface area contributed by atoms with Gasteiger partial charge in [0.25, 0.3) is 0 Å². The third-order valence-corrected chi connectivity index (χ3v) is 2.20. The Balaban J connectivity index is 0.00000225. The standard InChI is InChI=1S/C12H17NO2.ClH/c1-8(2)6-10(13)9-4-5-11(14)12(7-9)15-3;/h4-5,7,10,14H,1,6,13H2,2-3H3;1H/t10-;/m0./s1. The first-order valence-corrected chi connectivity index (χ1v) is 4.81. The fourth-order valence-corrected chi connectivity index (χ4v) is 1.42. The minimum atomic E-state index is -0.100. The van der Waals surface area contributed by atoms with Crippen LogP contribution < -0.4 is 10.5 Å². The average Bonchev–Trinajstić information content (AvgIpc) is 2.17. The molecule has 0 amide bonds. The molecule has 1 aromatic carbocycles. The first-order chi connectivity index (χ1) is 7.04. The van der Waals surface area contributed by atoms with Gasteiger partial charge in [-0.2, -0.15) is 0 Å². The summed E-state index contributed by atoms with van der Waals surface area (Å²) in [7, 11) is 1.52. The lowest BCUT2D eigenvalue weighted by Crippen LogP contribution is -2.10. The number of phenols is 1. The zero-order chi connectivity index (χ0) is 11.4. The van der Waals surface area contributed by atoms with Crippen LogP contribution in [0.1, 0.15) is 24.9 Å². The molecule has 1 rings (SSSR count). The molecule has 1 aromatic rings. The minimum Gasteiger partial charge on any atom is -0.504 e. The van der Waals surface area contributed by atoms with Crippen molar-refractivity contribution in [3.63, 3.8) is 0 Å². The maximum absolute atomic E-state index is 9.42. The maximum atomic E-state index is 9.42. The number of halogens is 1. The molecule has 0 heterocycles. The van der Waals surface area contributed by atoms with E-state index in [1.165, 1.54) is 7.11 Å². The largest absolute Gasteiger partial charge is 0.504 e. The Morgan fingerprint density at radius 3 is 2.69 bits per heavy atom. The monoisotopic (exact) mass is 243 g/mol. The molecule has 3 N–H and O–H groups in total. The summed E-state index contributed by atoms with van der Waals surface area (Å²) in [6.45, 7) is 5.76. The Morgan fingerprint density at radius 2 is 2.19 bits per heavy atom. The number of methoxy groups -OCH3 is 1. The number of rotatable bonds is 4. The zero-order valence-corrected chi connectivity index (χ0v) is 10.4. The molecule has 90 valence electrons. The number of nitrogens with two attached hydrogens (primary N) is 1. The van der Waals surface area contributed by atoms with Gasteiger partial charge in [0.05, 0.1) is 7.11 Å². The Labute approximate surface area is 102 Å². The van der Waals surface area contributed by atoms with Gasteiger partial charge in [-0.3, -0.25) is 0 Å². The van der Waals surface area contributed by atoms with E-state index in [1.54, 1.807) is 18.2 Å². The first-order valence-electron chi connectivity index (χ1n) is 4.81. The third-order valence-electron chi connectivity index (χ3n) is 2.20. The average molecular weight is 244 g/mol. The van der Waals surface area contributed by atoms with Crippen molar-refractivity contribution in [3.8, 4) is 11.5 Å². The molecule has 16 heavy (non-hydrogen) atoms. The number of phenolic OH excluding ortho intramolecular Hbond substituents is 1. The van der Waals surface area contributed by atoms with E-state index in [2.05, 4.69) is 6.58 Å². The summed E-state index contributed by atoms with van der Waals surface area (Å²) >= 11 is 0. The lowest BCUT2D eigenvalue weighted by Gasteiger charge is -2.13. The van der Waals surface area contributed by atoms with E-state index in [-0.39, 0.29) is 24.2 Å². The van der Waals surface area contributed by atoms with Crippen LogP contribution in [0.15, 0.2) is 30.4 Å². The molecule has 1 atom stereocenters. The van der Waals surface area contributed by atoms with Gasteiger partial charge in [0, 0.05) is 6.04 Å². The molecule has 0 fully saturated rings. The Kier molecular flexibility index (Phi) is 5.93. The highest BCUT2D eigenvalue weighted by molar-refractivity contribution is 5.85. The normalized spacial score (nSPS) is 11.4. The molecular weight excluding hydrogens is 226 g/mol. The van der Waals surface area contributed by atoms with Crippen molar-refractivity contribution in [2.24, 2.45) is 5.73 Å². The van der Waals surface area contributed by atoms with Crippen LogP contribution in [-0.4, -0.2) is 12.2 Å². The van der Waals surface area contributed by atoms with Crippen LogP contribution >= 0.6 is 12.4 Å². The predicted molar refractivity (Wildman–Crippen MR) is 68.3 cm³/mol. The van der Waals surface area contributed by atoms with Crippen LogP contribution in [-0.2, 0) is 0 Å². The fraction of sp³-hybridized carbons (Fsp3) is 0.333.